The average Bonchev–Trinajstić information content (AvgIpc) is 3.39. The van der Waals surface area contributed by atoms with E-state index >= 15 is 0 Å². The Morgan fingerprint density at radius 3 is 1.62 bits per heavy atom. The van der Waals surface area contributed by atoms with Crippen LogP contribution in [0.3, 0.4) is 0 Å². The average molecular weight is 649 g/mol. The number of fused-ring (bicyclic) bond motifs is 3. The maximum absolute atomic E-state index is 13.0. The minimum Gasteiger partial charge on any atom is -0.497 e. The van der Waals surface area contributed by atoms with Crippen LogP contribution in [0.5, 0.6) is 23.0 Å². The molecule has 4 aromatic carbocycles. The lowest BCUT2D eigenvalue weighted by Gasteiger charge is -2.17. The van der Waals surface area contributed by atoms with Crippen molar-refractivity contribution in [1.29, 1.82) is 0 Å². The van der Waals surface area contributed by atoms with Crippen molar-refractivity contribution in [3.8, 4) is 34.1 Å². The number of esters is 4. The summed E-state index contributed by atoms with van der Waals surface area (Å²) in [4.78, 5) is 48.7. The first-order chi connectivity index (χ1) is 23.2. The van der Waals surface area contributed by atoms with Crippen molar-refractivity contribution >= 4 is 23.9 Å². The van der Waals surface area contributed by atoms with E-state index in [1.165, 1.54) is 0 Å². The first-order valence-corrected chi connectivity index (χ1v) is 14.9. The normalized spacial score (nSPS) is 13.2. The SMILES string of the molecule is C=CC(=O)OCC(COc1ccc(C(=O)Oc2ccc3c(c2)C(C)c2cc(OC(=O)c4ccc(OC)cc4)ccc2-3)cc1)OC(=O)C=C. The third-order valence-electron chi connectivity index (χ3n) is 7.57. The summed E-state index contributed by atoms with van der Waals surface area (Å²) in [6.45, 7) is 8.36. The second kappa shape index (κ2) is 15.0. The summed E-state index contributed by atoms with van der Waals surface area (Å²) < 4.78 is 32.3. The van der Waals surface area contributed by atoms with Crippen molar-refractivity contribution in [3.05, 3.63) is 132 Å². The molecule has 0 saturated heterocycles. The fraction of sp³-hybridized carbons (Fsp3) is 0.158. The molecule has 48 heavy (non-hydrogen) atoms. The van der Waals surface area contributed by atoms with Crippen LogP contribution in [-0.2, 0) is 19.1 Å². The third-order valence-corrected chi connectivity index (χ3v) is 7.57. The molecule has 0 fully saturated rings. The van der Waals surface area contributed by atoms with Gasteiger partial charge < -0.3 is 28.4 Å². The fourth-order valence-corrected chi connectivity index (χ4v) is 5.08. The van der Waals surface area contributed by atoms with Gasteiger partial charge in [-0.1, -0.05) is 32.2 Å². The largest absolute Gasteiger partial charge is 0.497 e. The van der Waals surface area contributed by atoms with Gasteiger partial charge in [-0.25, -0.2) is 19.2 Å². The second-order valence-electron chi connectivity index (χ2n) is 10.7. The molecule has 2 unspecified atom stereocenters. The highest BCUT2D eigenvalue weighted by molar-refractivity contribution is 5.92. The van der Waals surface area contributed by atoms with Crippen LogP contribution in [0.2, 0.25) is 0 Å². The summed E-state index contributed by atoms with van der Waals surface area (Å²) in [7, 11) is 1.56. The predicted octanol–water partition coefficient (Wildman–Crippen LogP) is 6.47. The van der Waals surface area contributed by atoms with Gasteiger partial charge in [-0.15, -0.1) is 0 Å². The number of benzene rings is 4. The minimum absolute atomic E-state index is 0.0420. The van der Waals surface area contributed by atoms with Gasteiger partial charge in [0.05, 0.1) is 18.2 Å². The van der Waals surface area contributed by atoms with E-state index in [4.69, 9.17) is 28.4 Å². The molecule has 2 atom stereocenters. The zero-order valence-corrected chi connectivity index (χ0v) is 26.3. The molecule has 0 aromatic heterocycles. The summed E-state index contributed by atoms with van der Waals surface area (Å²) >= 11 is 0. The van der Waals surface area contributed by atoms with Crippen LogP contribution in [0.15, 0.2) is 110 Å². The highest BCUT2D eigenvalue weighted by atomic mass is 16.6. The number of carbonyl (C=O) groups excluding carboxylic acids is 4. The van der Waals surface area contributed by atoms with E-state index in [1.807, 2.05) is 31.2 Å². The van der Waals surface area contributed by atoms with Crippen molar-refractivity contribution in [3.63, 3.8) is 0 Å². The molecule has 0 amide bonds. The fourth-order valence-electron chi connectivity index (χ4n) is 5.08. The highest BCUT2D eigenvalue weighted by Crippen LogP contribution is 2.47. The molecule has 0 spiro atoms. The van der Waals surface area contributed by atoms with Crippen LogP contribution in [-0.4, -0.2) is 50.3 Å². The monoisotopic (exact) mass is 648 g/mol. The molecular formula is C38H32O10. The second-order valence-corrected chi connectivity index (χ2v) is 10.7. The molecule has 0 N–H and O–H groups in total. The molecular weight excluding hydrogens is 616 g/mol. The predicted molar refractivity (Wildman–Crippen MR) is 175 cm³/mol. The molecule has 1 aliphatic carbocycles. The molecule has 0 bridgehead atoms. The van der Waals surface area contributed by atoms with E-state index in [0.29, 0.717) is 28.6 Å². The maximum Gasteiger partial charge on any atom is 0.343 e. The van der Waals surface area contributed by atoms with Crippen molar-refractivity contribution < 1.29 is 47.6 Å². The molecule has 10 heteroatoms. The highest BCUT2D eigenvalue weighted by Gasteiger charge is 2.27. The van der Waals surface area contributed by atoms with E-state index in [2.05, 4.69) is 13.2 Å². The van der Waals surface area contributed by atoms with E-state index in [-0.39, 0.29) is 24.7 Å². The zero-order chi connectivity index (χ0) is 34.2. The first kappa shape index (κ1) is 33.2. The van der Waals surface area contributed by atoms with Crippen LogP contribution in [0.4, 0.5) is 0 Å². The number of rotatable bonds is 13. The summed E-state index contributed by atoms with van der Waals surface area (Å²) in [5.74, 6) is -0.601. The molecule has 1 aliphatic rings. The molecule has 244 valence electrons. The number of ether oxygens (including phenoxy) is 6. The van der Waals surface area contributed by atoms with Gasteiger partial charge in [0.2, 0.25) is 0 Å². The van der Waals surface area contributed by atoms with Crippen LogP contribution >= 0.6 is 0 Å². The maximum atomic E-state index is 13.0. The number of hydrogen-bond acceptors (Lipinski definition) is 10. The number of methoxy groups -OCH3 is 1. The number of hydrogen-bond donors (Lipinski definition) is 0. The Kier molecular flexibility index (Phi) is 10.3. The minimum atomic E-state index is -0.890. The lowest BCUT2D eigenvalue weighted by atomic mass is 9.99. The smallest absolute Gasteiger partial charge is 0.343 e. The van der Waals surface area contributed by atoms with Crippen molar-refractivity contribution in [2.45, 2.75) is 18.9 Å². The summed E-state index contributed by atoms with van der Waals surface area (Å²) in [5, 5.41) is 0. The van der Waals surface area contributed by atoms with Gasteiger partial charge >= 0.3 is 23.9 Å². The van der Waals surface area contributed by atoms with E-state index in [1.54, 1.807) is 67.8 Å². The first-order valence-electron chi connectivity index (χ1n) is 14.9. The molecule has 5 rings (SSSR count). The Bertz CT molecular complexity index is 1860. The Labute approximate surface area is 277 Å². The van der Waals surface area contributed by atoms with Crippen LogP contribution in [0.25, 0.3) is 11.1 Å². The number of carbonyl (C=O) groups is 4. The zero-order valence-electron chi connectivity index (χ0n) is 26.3. The molecule has 10 nitrogen and oxygen atoms in total. The van der Waals surface area contributed by atoms with E-state index in [0.717, 1.165) is 34.4 Å². The van der Waals surface area contributed by atoms with E-state index < -0.39 is 30.0 Å². The lowest BCUT2D eigenvalue weighted by molar-refractivity contribution is -0.154. The standard InChI is InChI=1S/C38H32O10/c1-5-35(39)45-22-30(46-36(40)6-2)21-44-27-13-9-25(10-14-27)38(42)48-29-16-18-32-31-17-15-28(19-33(31)23(3)34(32)20-29)47-37(41)24-7-11-26(43-4)12-8-24/h5-20,23,30H,1-2,21-22H2,3-4H3. The Balaban J connectivity index is 1.20. The van der Waals surface area contributed by atoms with Gasteiger partial charge in [0.25, 0.3) is 0 Å². The third kappa shape index (κ3) is 7.79. The van der Waals surface area contributed by atoms with Crippen LogP contribution in [0, 0.1) is 0 Å². The quantitative estimate of drug-likeness (QED) is 0.0905. The van der Waals surface area contributed by atoms with Crippen LogP contribution < -0.4 is 18.9 Å². The Hall–Kier alpha value is -6.16. The van der Waals surface area contributed by atoms with Gasteiger partial charge in [-0.05, 0) is 95.1 Å². The molecule has 0 saturated carbocycles. The van der Waals surface area contributed by atoms with Gasteiger partial charge in [-0.2, -0.15) is 0 Å². The molecule has 0 radical (unpaired) electrons. The molecule has 0 aliphatic heterocycles. The van der Waals surface area contributed by atoms with Gasteiger partial charge in [0.15, 0.2) is 6.10 Å². The summed E-state index contributed by atoms with van der Waals surface area (Å²) in [5.41, 5.74) is 4.67. The van der Waals surface area contributed by atoms with Gasteiger partial charge in [0.1, 0.15) is 36.2 Å². The lowest BCUT2D eigenvalue weighted by Crippen LogP contribution is -2.30. The van der Waals surface area contributed by atoms with Crippen molar-refractivity contribution in [2.24, 2.45) is 0 Å². The van der Waals surface area contributed by atoms with Crippen molar-refractivity contribution in [1.82, 2.24) is 0 Å². The molecule has 4 aromatic rings. The topological polar surface area (TPSA) is 124 Å². The Morgan fingerprint density at radius 1 is 0.667 bits per heavy atom. The van der Waals surface area contributed by atoms with Crippen LogP contribution in [0.1, 0.15) is 44.7 Å². The van der Waals surface area contributed by atoms with Gasteiger partial charge in [-0.3, -0.25) is 0 Å². The Morgan fingerprint density at radius 2 is 1.15 bits per heavy atom. The van der Waals surface area contributed by atoms with Crippen molar-refractivity contribution in [2.75, 3.05) is 20.3 Å². The van der Waals surface area contributed by atoms with Gasteiger partial charge in [0, 0.05) is 18.1 Å². The summed E-state index contributed by atoms with van der Waals surface area (Å²) in [6.07, 6.45) is 1.09. The van der Waals surface area contributed by atoms with E-state index in [9.17, 15) is 19.2 Å². The molecule has 0 heterocycles. The summed E-state index contributed by atoms with van der Waals surface area (Å²) in [6, 6.07) is 23.9.